The van der Waals surface area contributed by atoms with E-state index in [1.54, 1.807) is 0 Å². The molecule has 0 saturated carbocycles. The van der Waals surface area contributed by atoms with Crippen molar-refractivity contribution in [2.45, 2.75) is 9.79 Å². The van der Waals surface area contributed by atoms with E-state index in [0.29, 0.717) is 0 Å². The molecule has 0 unspecified atom stereocenters. The summed E-state index contributed by atoms with van der Waals surface area (Å²) in [6.45, 7) is 0. The third-order valence-electron chi connectivity index (χ3n) is 2.69. The minimum atomic E-state index is -4.48. The van der Waals surface area contributed by atoms with E-state index in [4.69, 9.17) is 14.8 Å². The van der Waals surface area contributed by atoms with Crippen molar-refractivity contribution in [1.29, 1.82) is 0 Å². The SMILES string of the molecule is Nc1ccc(N=Nc2ccc(S(=O)(=O)O)cc2)cc1S(=O)(=O)O.[Na].[Na]. The molecule has 0 atom stereocenters. The average molecular weight is 403 g/mol. The number of hydrogen-bond acceptors (Lipinski definition) is 7. The van der Waals surface area contributed by atoms with Crippen molar-refractivity contribution in [3.05, 3.63) is 42.5 Å². The number of rotatable bonds is 4. The smallest absolute Gasteiger partial charge is 0.296 e. The molecule has 0 aliphatic heterocycles. The second-order valence-electron chi connectivity index (χ2n) is 4.37. The van der Waals surface area contributed by atoms with Gasteiger partial charge in [-0.15, -0.1) is 0 Å². The number of benzene rings is 2. The molecule has 0 heterocycles. The normalized spacial score (nSPS) is 11.6. The maximum absolute atomic E-state index is 11.1. The molecule has 2 radical (unpaired) electrons. The fourth-order valence-electron chi connectivity index (χ4n) is 1.61. The first kappa shape index (κ1) is 24.7. The molecule has 0 aromatic heterocycles. The number of nitrogen functional groups attached to an aromatic ring is 1. The van der Waals surface area contributed by atoms with Crippen molar-refractivity contribution in [3.8, 4) is 0 Å². The predicted molar refractivity (Wildman–Crippen MR) is 92.6 cm³/mol. The summed E-state index contributed by atoms with van der Waals surface area (Å²) in [5.41, 5.74) is 5.70. The zero-order chi connectivity index (χ0) is 17.3. The van der Waals surface area contributed by atoms with Crippen LogP contribution in [0.15, 0.2) is 62.5 Å². The van der Waals surface area contributed by atoms with Gasteiger partial charge in [-0.1, -0.05) is 0 Å². The van der Waals surface area contributed by atoms with Crippen LogP contribution in [0.5, 0.6) is 0 Å². The third kappa shape index (κ3) is 7.06. The van der Waals surface area contributed by atoms with Crippen molar-refractivity contribution in [3.63, 3.8) is 0 Å². The summed E-state index contributed by atoms with van der Waals surface area (Å²) < 4.78 is 61.9. The van der Waals surface area contributed by atoms with Crippen molar-refractivity contribution < 1.29 is 25.9 Å². The summed E-state index contributed by atoms with van der Waals surface area (Å²) >= 11 is 0. The van der Waals surface area contributed by atoms with Crippen molar-refractivity contribution >= 4 is 96.4 Å². The Labute approximate surface area is 188 Å². The maximum atomic E-state index is 11.1. The Balaban J connectivity index is 0.00000288. The van der Waals surface area contributed by atoms with E-state index in [0.717, 1.165) is 18.2 Å². The van der Waals surface area contributed by atoms with Crippen LogP contribution in [-0.4, -0.2) is 85.1 Å². The minimum Gasteiger partial charge on any atom is -0.398 e. The van der Waals surface area contributed by atoms with Gasteiger partial charge < -0.3 is 5.73 Å². The van der Waals surface area contributed by atoms with E-state index in [9.17, 15) is 16.8 Å². The topological polar surface area (TPSA) is 159 Å². The first-order valence-electron chi connectivity index (χ1n) is 5.94. The molecule has 0 amide bonds. The van der Waals surface area contributed by atoms with Gasteiger partial charge in [-0.05, 0) is 42.5 Å². The molecule has 2 aromatic carbocycles. The molecule has 0 fully saturated rings. The van der Waals surface area contributed by atoms with Gasteiger partial charge in [-0.3, -0.25) is 9.11 Å². The van der Waals surface area contributed by atoms with Crippen LogP contribution in [0.4, 0.5) is 17.1 Å². The van der Waals surface area contributed by atoms with Crippen LogP contribution < -0.4 is 5.73 Å². The summed E-state index contributed by atoms with van der Waals surface area (Å²) in [6, 6.07) is 8.55. The van der Waals surface area contributed by atoms with Gasteiger partial charge in [0.2, 0.25) is 0 Å². The van der Waals surface area contributed by atoms with Gasteiger partial charge in [0, 0.05) is 59.1 Å². The van der Waals surface area contributed by atoms with Crippen LogP contribution in [0.25, 0.3) is 0 Å². The number of hydrogen-bond donors (Lipinski definition) is 3. The van der Waals surface area contributed by atoms with Gasteiger partial charge in [0.25, 0.3) is 20.2 Å². The maximum Gasteiger partial charge on any atom is 0.296 e. The Morgan fingerprint density at radius 2 is 1.24 bits per heavy atom. The molecule has 2 aromatic rings. The molecular weight excluding hydrogens is 392 g/mol. The number of azo groups is 1. The van der Waals surface area contributed by atoms with E-state index in [1.807, 2.05) is 0 Å². The second-order valence-corrected chi connectivity index (χ2v) is 7.18. The monoisotopic (exact) mass is 403 g/mol. The van der Waals surface area contributed by atoms with Crippen molar-refractivity contribution in [1.82, 2.24) is 0 Å². The van der Waals surface area contributed by atoms with Crippen molar-refractivity contribution in [2.24, 2.45) is 10.2 Å². The number of nitrogens with two attached hydrogens (primary N) is 1. The summed E-state index contributed by atoms with van der Waals surface area (Å²) in [5, 5.41) is 7.55. The van der Waals surface area contributed by atoms with Gasteiger partial charge in [0.05, 0.1) is 22.0 Å². The standard InChI is InChI=1S/C12H11N3O6S2.2Na/c13-11-6-3-9(7-12(11)23(19,20)21)15-14-8-1-4-10(5-2-8)22(16,17)18;;/h1-7H,13H2,(H,16,17,18)(H,19,20,21);;. The molecule has 9 nitrogen and oxygen atoms in total. The van der Waals surface area contributed by atoms with Crippen LogP contribution in [0.3, 0.4) is 0 Å². The minimum absolute atomic E-state index is 0. The fraction of sp³-hybridized carbons (Fsp3) is 0. The Bertz CT molecular complexity index is 976. The Morgan fingerprint density at radius 1 is 0.760 bits per heavy atom. The Hall–Kier alpha value is -0.340. The van der Waals surface area contributed by atoms with E-state index >= 15 is 0 Å². The van der Waals surface area contributed by atoms with Crippen LogP contribution in [-0.2, 0) is 20.2 Å². The average Bonchev–Trinajstić information content (AvgIpc) is 2.44. The second kappa shape index (κ2) is 9.55. The quantitative estimate of drug-likeness (QED) is 0.301. The fourth-order valence-corrected chi connectivity index (χ4v) is 2.72. The van der Waals surface area contributed by atoms with Gasteiger partial charge >= 0.3 is 0 Å². The van der Waals surface area contributed by atoms with Gasteiger partial charge in [-0.25, -0.2) is 0 Å². The van der Waals surface area contributed by atoms with E-state index in [1.165, 1.54) is 24.3 Å². The van der Waals surface area contributed by atoms with Gasteiger partial charge in [0.15, 0.2) is 0 Å². The molecule has 124 valence electrons. The molecule has 0 spiro atoms. The first-order chi connectivity index (χ1) is 10.6. The molecule has 4 N–H and O–H groups in total. The molecular formula is C12H11N3Na2O6S2. The van der Waals surface area contributed by atoms with Crippen LogP contribution in [0, 0.1) is 0 Å². The summed E-state index contributed by atoms with van der Waals surface area (Å²) in [6.07, 6.45) is 0. The molecule has 2 rings (SSSR count). The van der Waals surface area contributed by atoms with Gasteiger partial charge in [0.1, 0.15) is 4.90 Å². The predicted octanol–water partition coefficient (Wildman–Crippen LogP) is 1.42. The van der Waals surface area contributed by atoms with E-state index < -0.39 is 25.1 Å². The van der Waals surface area contributed by atoms with Gasteiger partial charge in [-0.2, -0.15) is 27.1 Å². The molecule has 0 aliphatic rings. The van der Waals surface area contributed by atoms with E-state index in [-0.39, 0.29) is 81.1 Å². The third-order valence-corrected chi connectivity index (χ3v) is 4.47. The largest absolute Gasteiger partial charge is 0.398 e. The van der Waals surface area contributed by atoms with Crippen LogP contribution in [0.1, 0.15) is 0 Å². The molecule has 13 heteroatoms. The van der Waals surface area contributed by atoms with Crippen LogP contribution >= 0.6 is 0 Å². The molecule has 25 heavy (non-hydrogen) atoms. The summed E-state index contributed by atoms with van der Waals surface area (Å²) in [4.78, 5) is -0.784. The summed E-state index contributed by atoms with van der Waals surface area (Å²) in [7, 11) is -8.78. The number of anilines is 1. The Morgan fingerprint density at radius 3 is 1.72 bits per heavy atom. The summed E-state index contributed by atoms with van der Waals surface area (Å²) in [5.74, 6) is 0. The zero-order valence-electron chi connectivity index (χ0n) is 13.4. The molecule has 0 bridgehead atoms. The van der Waals surface area contributed by atoms with Crippen molar-refractivity contribution in [2.75, 3.05) is 5.73 Å². The Kier molecular flexibility index (Phi) is 9.42. The number of nitrogens with zero attached hydrogens (tertiary/aromatic N) is 2. The van der Waals surface area contributed by atoms with Crippen LogP contribution in [0.2, 0.25) is 0 Å². The molecule has 0 aliphatic carbocycles. The van der Waals surface area contributed by atoms with E-state index in [2.05, 4.69) is 10.2 Å². The molecule has 0 saturated heterocycles. The first-order valence-corrected chi connectivity index (χ1v) is 8.82. The zero-order valence-corrected chi connectivity index (χ0v) is 19.0.